The summed E-state index contributed by atoms with van der Waals surface area (Å²) >= 11 is 0. The number of hydrogen-bond acceptors (Lipinski definition) is 7. The zero-order valence-electron chi connectivity index (χ0n) is 13.3. The van der Waals surface area contributed by atoms with Gasteiger partial charge < -0.3 is 24.6 Å². The Labute approximate surface area is 141 Å². The minimum atomic E-state index is -1.43. The molecule has 1 aromatic rings. The number of esters is 2. The van der Waals surface area contributed by atoms with E-state index in [1.807, 2.05) is 0 Å². The van der Waals surface area contributed by atoms with Crippen molar-refractivity contribution in [2.24, 2.45) is 0 Å². The van der Waals surface area contributed by atoms with E-state index in [1.165, 1.54) is 18.2 Å². The van der Waals surface area contributed by atoms with Crippen LogP contribution in [0.1, 0.15) is 24.2 Å². The van der Waals surface area contributed by atoms with Crippen LogP contribution < -0.4 is 9.47 Å². The number of carboxylic acids is 2. The van der Waals surface area contributed by atoms with Crippen molar-refractivity contribution in [3.8, 4) is 11.5 Å². The molecule has 10 heteroatoms. The third kappa shape index (κ3) is 5.94. The standard InChI is InChI=1S/C15H15NO9/c1-8(17)24-11-5-3-4-10(14(11)25-9(2)18)15(23)16(6-12(19)20)7-13(21)22/h3-5H,6-7H2,1-2H3,(H,19,20)(H,21,22). The monoisotopic (exact) mass is 353 g/mol. The molecule has 1 aromatic carbocycles. The maximum Gasteiger partial charge on any atom is 0.323 e. The van der Waals surface area contributed by atoms with Crippen LogP contribution in [0.15, 0.2) is 18.2 Å². The Morgan fingerprint density at radius 2 is 1.44 bits per heavy atom. The van der Waals surface area contributed by atoms with Gasteiger partial charge in [0, 0.05) is 13.8 Å². The smallest absolute Gasteiger partial charge is 0.323 e. The Bertz CT molecular complexity index is 710. The van der Waals surface area contributed by atoms with E-state index < -0.39 is 48.6 Å². The fourth-order valence-corrected chi connectivity index (χ4v) is 1.86. The molecule has 2 N–H and O–H groups in total. The number of ether oxygens (including phenoxy) is 2. The molecule has 0 saturated carbocycles. The molecule has 0 aromatic heterocycles. The van der Waals surface area contributed by atoms with Gasteiger partial charge in [0.1, 0.15) is 13.1 Å². The molecule has 1 rings (SSSR count). The second-order valence-corrected chi connectivity index (χ2v) is 4.77. The van der Waals surface area contributed by atoms with E-state index in [4.69, 9.17) is 19.7 Å². The lowest BCUT2D eigenvalue weighted by Crippen LogP contribution is -2.39. The normalized spacial score (nSPS) is 9.84. The SMILES string of the molecule is CC(=O)Oc1cccc(C(=O)N(CC(=O)O)CC(=O)O)c1OC(C)=O. The van der Waals surface area contributed by atoms with E-state index in [9.17, 15) is 24.0 Å². The molecule has 1 amide bonds. The van der Waals surface area contributed by atoms with E-state index >= 15 is 0 Å². The molecule has 0 aliphatic rings. The van der Waals surface area contributed by atoms with Gasteiger partial charge in [0.2, 0.25) is 0 Å². The molecule has 0 heterocycles. The van der Waals surface area contributed by atoms with E-state index in [0.29, 0.717) is 4.90 Å². The maximum absolute atomic E-state index is 12.5. The Balaban J connectivity index is 3.37. The number of aliphatic carboxylic acids is 2. The van der Waals surface area contributed by atoms with Crippen LogP contribution in [0.2, 0.25) is 0 Å². The Hall–Kier alpha value is -3.43. The number of nitrogens with zero attached hydrogens (tertiary/aromatic N) is 1. The summed E-state index contributed by atoms with van der Waals surface area (Å²) < 4.78 is 9.76. The van der Waals surface area contributed by atoms with Gasteiger partial charge in [-0.15, -0.1) is 0 Å². The van der Waals surface area contributed by atoms with Gasteiger partial charge in [-0.1, -0.05) is 6.07 Å². The van der Waals surface area contributed by atoms with Gasteiger partial charge in [0.15, 0.2) is 11.5 Å². The van der Waals surface area contributed by atoms with Crippen molar-refractivity contribution in [2.45, 2.75) is 13.8 Å². The van der Waals surface area contributed by atoms with Gasteiger partial charge in [-0.05, 0) is 12.1 Å². The summed E-state index contributed by atoms with van der Waals surface area (Å²) in [6.45, 7) is 0.364. The molecule has 25 heavy (non-hydrogen) atoms. The summed E-state index contributed by atoms with van der Waals surface area (Å²) in [5.41, 5.74) is -0.323. The summed E-state index contributed by atoms with van der Waals surface area (Å²) in [4.78, 5) is 57.2. The largest absolute Gasteiger partial charge is 0.480 e. The quantitative estimate of drug-likeness (QED) is 0.516. The van der Waals surface area contributed by atoms with E-state index in [2.05, 4.69) is 0 Å². The summed E-state index contributed by atoms with van der Waals surface area (Å²) in [5.74, 6) is -6.09. The molecule has 10 nitrogen and oxygen atoms in total. The van der Waals surface area contributed by atoms with Gasteiger partial charge >= 0.3 is 23.9 Å². The van der Waals surface area contributed by atoms with E-state index in [1.54, 1.807) is 0 Å². The first-order valence-electron chi connectivity index (χ1n) is 6.84. The van der Waals surface area contributed by atoms with Crippen molar-refractivity contribution in [1.29, 1.82) is 0 Å². The van der Waals surface area contributed by atoms with Crippen LogP contribution in [-0.4, -0.2) is 58.0 Å². The maximum atomic E-state index is 12.5. The first kappa shape index (κ1) is 19.6. The lowest BCUT2D eigenvalue weighted by atomic mass is 10.1. The molecule has 0 bridgehead atoms. The predicted octanol–water partition coefficient (Wildman–Crippen LogP) is 0.149. The molecule has 0 spiro atoms. The van der Waals surface area contributed by atoms with Crippen molar-refractivity contribution >= 4 is 29.8 Å². The van der Waals surface area contributed by atoms with Gasteiger partial charge in [0.05, 0.1) is 5.56 Å². The molecular formula is C15H15NO9. The predicted molar refractivity (Wildman–Crippen MR) is 80.2 cm³/mol. The number of carbonyl (C=O) groups is 5. The minimum Gasteiger partial charge on any atom is -0.480 e. The van der Waals surface area contributed by atoms with Crippen LogP contribution in [0.3, 0.4) is 0 Å². The van der Waals surface area contributed by atoms with E-state index in [0.717, 1.165) is 13.8 Å². The van der Waals surface area contributed by atoms with Crippen molar-refractivity contribution in [1.82, 2.24) is 4.90 Å². The molecular weight excluding hydrogens is 338 g/mol. The fraction of sp³-hybridized carbons (Fsp3) is 0.267. The highest BCUT2D eigenvalue weighted by atomic mass is 16.6. The van der Waals surface area contributed by atoms with Gasteiger partial charge in [-0.25, -0.2) is 0 Å². The highest BCUT2D eigenvalue weighted by Crippen LogP contribution is 2.32. The molecule has 0 atom stereocenters. The Morgan fingerprint density at radius 1 is 0.920 bits per heavy atom. The van der Waals surface area contributed by atoms with Crippen LogP contribution in [-0.2, 0) is 19.2 Å². The average molecular weight is 353 g/mol. The molecule has 0 radical (unpaired) electrons. The molecule has 0 aliphatic heterocycles. The minimum absolute atomic E-state index is 0.237. The van der Waals surface area contributed by atoms with Crippen LogP contribution in [0.25, 0.3) is 0 Å². The highest BCUT2D eigenvalue weighted by molar-refractivity contribution is 6.01. The second-order valence-electron chi connectivity index (χ2n) is 4.77. The number of carbonyl (C=O) groups excluding carboxylic acids is 3. The van der Waals surface area contributed by atoms with Gasteiger partial charge in [-0.2, -0.15) is 0 Å². The zero-order chi connectivity index (χ0) is 19.1. The lowest BCUT2D eigenvalue weighted by molar-refractivity contribution is -0.141. The van der Waals surface area contributed by atoms with Gasteiger partial charge in [-0.3, -0.25) is 24.0 Å². The number of amides is 1. The number of carboxylic acid groups (broad SMARTS) is 2. The highest BCUT2D eigenvalue weighted by Gasteiger charge is 2.27. The lowest BCUT2D eigenvalue weighted by Gasteiger charge is -2.20. The Kier molecular flexibility index (Phi) is 6.61. The zero-order valence-corrected chi connectivity index (χ0v) is 13.3. The average Bonchev–Trinajstić information content (AvgIpc) is 2.45. The summed E-state index contributed by atoms with van der Waals surface area (Å²) in [5, 5.41) is 17.7. The molecule has 0 fully saturated rings. The van der Waals surface area contributed by atoms with E-state index in [-0.39, 0.29) is 11.3 Å². The number of para-hydroxylation sites is 1. The number of benzene rings is 1. The third-order valence-electron chi connectivity index (χ3n) is 2.65. The van der Waals surface area contributed by atoms with Crippen LogP contribution in [0, 0.1) is 0 Å². The molecule has 0 unspecified atom stereocenters. The number of hydrogen-bond donors (Lipinski definition) is 2. The summed E-state index contributed by atoms with van der Waals surface area (Å²) in [7, 11) is 0. The van der Waals surface area contributed by atoms with Gasteiger partial charge in [0.25, 0.3) is 5.91 Å². The summed E-state index contributed by atoms with van der Waals surface area (Å²) in [6.07, 6.45) is 0. The van der Waals surface area contributed by atoms with Crippen molar-refractivity contribution in [2.75, 3.05) is 13.1 Å². The molecule has 0 saturated heterocycles. The first-order chi connectivity index (χ1) is 11.6. The topological polar surface area (TPSA) is 148 Å². The number of rotatable bonds is 7. The Morgan fingerprint density at radius 3 is 1.88 bits per heavy atom. The van der Waals surface area contributed by atoms with Crippen LogP contribution >= 0.6 is 0 Å². The second kappa shape index (κ2) is 8.43. The van der Waals surface area contributed by atoms with Crippen LogP contribution in [0.5, 0.6) is 11.5 Å². The summed E-state index contributed by atoms with van der Waals surface area (Å²) in [6, 6.07) is 3.75. The van der Waals surface area contributed by atoms with Crippen molar-refractivity contribution in [3.05, 3.63) is 23.8 Å². The van der Waals surface area contributed by atoms with Crippen molar-refractivity contribution in [3.63, 3.8) is 0 Å². The fourth-order valence-electron chi connectivity index (χ4n) is 1.86. The molecule has 0 aliphatic carbocycles. The molecule has 134 valence electrons. The van der Waals surface area contributed by atoms with Crippen molar-refractivity contribution < 1.29 is 43.7 Å². The third-order valence-corrected chi connectivity index (χ3v) is 2.65. The first-order valence-corrected chi connectivity index (χ1v) is 6.84. The van der Waals surface area contributed by atoms with Crippen LogP contribution in [0.4, 0.5) is 0 Å².